The van der Waals surface area contributed by atoms with Gasteiger partial charge in [0.15, 0.2) is 11.6 Å². The van der Waals surface area contributed by atoms with Gasteiger partial charge >= 0.3 is 0 Å². The van der Waals surface area contributed by atoms with E-state index in [0.29, 0.717) is 33.5 Å². The van der Waals surface area contributed by atoms with E-state index in [0.717, 1.165) is 0 Å². The first-order chi connectivity index (χ1) is 12.5. The number of hydrogen-bond donors (Lipinski definition) is 2. The van der Waals surface area contributed by atoms with Gasteiger partial charge in [-0.3, -0.25) is 4.79 Å². The van der Waals surface area contributed by atoms with E-state index < -0.39 is 5.82 Å². The molecule has 6 nitrogen and oxygen atoms in total. The van der Waals surface area contributed by atoms with Gasteiger partial charge in [-0.25, -0.2) is 4.39 Å². The second kappa shape index (κ2) is 7.15. The maximum Gasteiger partial charge on any atom is 0.253 e. The molecule has 2 N–H and O–H groups in total. The fraction of sp³-hybridized carbons (Fsp3) is 0.158. The van der Waals surface area contributed by atoms with Gasteiger partial charge in [0.25, 0.3) is 5.56 Å². The second-order valence-electron chi connectivity index (χ2n) is 5.58. The zero-order valence-corrected chi connectivity index (χ0v) is 14.2. The van der Waals surface area contributed by atoms with Gasteiger partial charge in [-0.2, -0.15) is 5.26 Å². The highest BCUT2D eigenvalue weighted by atomic mass is 19.1. The van der Waals surface area contributed by atoms with Crippen molar-refractivity contribution in [3.05, 3.63) is 63.7 Å². The minimum Gasteiger partial charge on any atom is -0.495 e. The largest absolute Gasteiger partial charge is 0.495 e. The third kappa shape index (κ3) is 3.30. The molecule has 1 aromatic heterocycles. The quantitative estimate of drug-likeness (QED) is 0.736. The zero-order chi connectivity index (χ0) is 18.7. The van der Waals surface area contributed by atoms with Gasteiger partial charge in [0, 0.05) is 35.3 Å². The van der Waals surface area contributed by atoms with Crippen LogP contribution in [0.15, 0.2) is 41.2 Å². The van der Waals surface area contributed by atoms with Crippen LogP contribution < -0.4 is 20.3 Å². The Morgan fingerprint density at radius 3 is 2.62 bits per heavy atom. The number of anilines is 1. The summed E-state index contributed by atoms with van der Waals surface area (Å²) in [5, 5.41) is 12.7. The van der Waals surface area contributed by atoms with Crippen LogP contribution in [0.25, 0.3) is 10.9 Å². The van der Waals surface area contributed by atoms with Gasteiger partial charge in [-0.1, -0.05) is 0 Å². The van der Waals surface area contributed by atoms with Gasteiger partial charge in [-0.05, 0) is 24.3 Å². The van der Waals surface area contributed by atoms with Crippen LogP contribution in [0, 0.1) is 17.1 Å². The summed E-state index contributed by atoms with van der Waals surface area (Å²) in [4.78, 5) is 15.0. The Hall–Kier alpha value is -3.53. The molecule has 0 atom stereocenters. The van der Waals surface area contributed by atoms with Gasteiger partial charge in [-0.15, -0.1) is 0 Å². The van der Waals surface area contributed by atoms with Crippen molar-refractivity contribution in [2.24, 2.45) is 0 Å². The van der Waals surface area contributed by atoms with E-state index in [-0.39, 0.29) is 17.9 Å². The minimum atomic E-state index is -0.497. The summed E-state index contributed by atoms with van der Waals surface area (Å²) >= 11 is 0. The highest BCUT2D eigenvalue weighted by molar-refractivity contribution is 5.80. The fourth-order valence-corrected chi connectivity index (χ4v) is 2.63. The Morgan fingerprint density at radius 2 is 1.92 bits per heavy atom. The number of ether oxygens (including phenoxy) is 2. The molecule has 0 aliphatic rings. The minimum absolute atomic E-state index is 0.0729. The Labute approximate surface area is 148 Å². The number of nitrogens with zero attached hydrogens (tertiary/aromatic N) is 1. The van der Waals surface area contributed by atoms with E-state index in [2.05, 4.69) is 10.3 Å². The summed E-state index contributed by atoms with van der Waals surface area (Å²) in [6.45, 7) is 0.230. The van der Waals surface area contributed by atoms with E-state index in [1.807, 2.05) is 6.07 Å². The molecule has 132 valence electrons. The van der Waals surface area contributed by atoms with Gasteiger partial charge in [0.2, 0.25) is 0 Å². The first-order valence-corrected chi connectivity index (χ1v) is 7.77. The predicted octanol–water partition coefficient (Wildman–Crippen LogP) is 3.17. The fourth-order valence-electron chi connectivity index (χ4n) is 2.63. The number of fused-ring (bicyclic) bond motifs is 1. The van der Waals surface area contributed by atoms with Gasteiger partial charge in [0.1, 0.15) is 11.8 Å². The van der Waals surface area contributed by atoms with Gasteiger partial charge < -0.3 is 19.8 Å². The van der Waals surface area contributed by atoms with Crippen LogP contribution in [0.4, 0.5) is 10.1 Å². The Kier molecular flexibility index (Phi) is 4.76. The number of rotatable bonds is 5. The van der Waals surface area contributed by atoms with E-state index >= 15 is 0 Å². The van der Waals surface area contributed by atoms with Crippen molar-refractivity contribution in [3.8, 4) is 17.6 Å². The normalized spacial score (nSPS) is 10.4. The van der Waals surface area contributed by atoms with Crippen molar-refractivity contribution in [1.82, 2.24) is 4.98 Å². The summed E-state index contributed by atoms with van der Waals surface area (Å²) in [5.41, 5.74) is 1.79. The van der Waals surface area contributed by atoms with E-state index in [4.69, 9.17) is 14.7 Å². The lowest BCUT2D eigenvalue weighted by atomic mass is 10.1. The summed E-state index contributed by atoms with van der Waals surface area (Å²) in [6, 6.07) is 11.5. The molecule has 0 aliphatic heterocycles. The molecule has 0 saturated carbocycles. The Balaban J connectivity index is 1.88. The first-order valence-electron chi connectivity index (χ1n) is 7.77. The number of nitriles is 1. The lowest BCUT2D eigenvalue weighted by Gasteiger charge is -2.10. The molecular formula is C19H16FN3O3. The topological polar surface area (TPSA) is 87.1 Å². The van der Waals surface area contributed by atoms with Gasteiger partial charge in [0.05, 0.1) is 25.3 Å². The summed E-state index contributed by atoms with van der Waals surface area (Å²) in [5.74, 6) is 0.0191. The molecule has 0 aliphatic carbocycles. The van der Waals surface area contributed by atoms with Crippen molar-refractivity contribution in [1.29, 1.82) is 5.26 Å². The molecule has 0 fully saturated rings. The van der Waals surface area contributed by atoms with E-state index in [1.165, 1.54) is 26.4 Å². The second-order valence-corrected chi connectivity index (χ2v) is 5.58. The number of aromatic nitrogens is 1. The van der Waals surface area contributed by atoms with E-state index in [1.54, 1.807) is 24.3 Å². The molecule has 7 heteroatoms. The van der Waals surface area contributed by atoms with Crippen molar-refractivity contribution < 1.29 is 13.9 Å². The third-order valence-electron chi connectivity index (χ3n) is 4.00. The lowest BCUT2D eigenvalue weighted by Crippen LogP contribution is -2.15. The van der Waals surface area contributed by atoms with Crippen molar-refractivity contribution in [2.45, 2.75) is 6.54 Å². The molecule has 0 unspecified atom stereocenters. The molecule has 0 amide bonds. The molecule has 0 radical (unpaired) electrons. The molecule has 0 spiro atoms. The molecule has 26 heavy (non-hydrogen) atoms. The number of aromatic amines is 1. The van der Waals surface area contributed by atoms with Crippen molar-refractivity contribution >= 4 is 16.6 Å². The van der Waals surface area contributed by atoms with Crippen LogP contribution in [-0.4, -0.2) is 19.2 Å². The smallest absolute Gasteiger partial charge is 0.253 e. The third-order valence-corrected chi connectivity index (χ3v) is 4.00. The van der Waals surface area contributed by atoms with Crippen LogP contribution in [0.3, 0.4) is 0 Å². The lowest BCUT2D eigenvalue weighted by molar-refractivity contribution is 0.387. The summed E-state index contributed by atoms with van der Waals surface area (Å²) < 4.78 is 24.0. The number of hydrogen-bond acceptors (Lipinski definition) is 5. The molecule has 3 rings (SSSR count). The highest BCUT2D eigenvalue weighted by Crippen LogP contribution is 2.24. The average Bonchev–Trinajstić information content (AvgIpc) is 2.66. The molecule has 1 heterocycles. The standard InChI is InChI=1S/C19H16FN3O3/c1-25-17-7-14(4-3-11(17)9-21)22-10-13-5-12-6-15(20)18(26-2)8-16(12)23-19(13)24/h3-8,22H,10H2,1-2H3,(H,23,24). The molecule has 2 aromatic carbocycles. The number of benzene rings is 2. The highest BCUT2D eigenvalue weighted by Gasteiger charge is 2.09. The van der Waals surface area contributed by atoms with Crippen LogP contribution in [-0.2, 0) is 6.54 Å². The maximum absolute atomic E-state index is 13.9. The average molecular weight is 353 g/mol. The van der Waals surface area contributed by atoms with Crippen LogP contribution >= 0.6 is 0 Å². The Morgan fingerprint density at radius 1 is 1.15 bits per heavy atom. The number of nitrogens with one attached hydrogen (secondary N) is 2. The summed E-state index contributed by atoms with van der Waals surface area (Å²) in [7, 11) is 2.85. The SMILES string of the molecule is COc1cc2[nH]c(=O)c(CNc3ccc(C#N)c(OC)c3)cc2cc1F. The monoisotopic (exact) mass is 353 g/mol. The number of H-pyrrole nitrogens is 1. The van der Waals surface area contributed by atoms with Crippen LogP contribution in [0.2, 0.25) is 0 Å². The first kappa shape index (κ1) is 17.3. The maximum atomic E-state index is 13.9. The molecule has 3 aromatic rings. The van der Waals surface area contributed by atoms with Crippen molar-refractivity contribution in [2.75, 3.05) is 19.5 Å². The number of halogens is 1. The molecule has 0 saturated heterocycles. The molecule has 0 bridgehead atoms. The van der Waals surface area contributed by atoms with Crippen LogP contribution in [0.1, 0.15) is 11.1 Å². The number of methoxy groups -OCH3 is 2. The summed E-state index contributed by atoms with van der Waals surface area (Å²) in [6.07, 6.45) is 0. The number of pyridine rings is 1. The molecular weight excluding hydrogens is 337 g/mol. The predicted molar refractivity (Wildman–Crippen MR) is 96.1 cm³/mol. The Bertz CT molecular complexity index is 1070. The van der Waals surface area contributed by atoms with E-state index in [9.17, 15) is 9.18 Å². The zero-order valence-electron chi connectivity index (χ0n) is 14.2. The van der Waals surface area contributed by atoms with Crippen LogP contribution in [0.5, 0.6) is 11.5 Å². The van der Waals surface area contributed by atoms with Crippen molar-refractivity contribution in [3.63, 3.8) is 0 Å².